The molecule has 35 heavy (non-hydrogen) atoms. The van der Waals surface area contributed by atoms with Gasteiger partial charge in [-0.3, -0.25) is 9.36 Å². The molecule has 12 heteroatoms. The molecule has 0 unspecified atom stereocenters. The smallest absolute Gasteiger partial charge is 0.353 e. The number of benzene rings is 2. The Bertz CT molecular complexity index is 1440. The summed E-state index contributed by atoms with van der Waals surface area (Å²) >= 11 is 3.44. The second-order valence-corrected chi connectivity index (χ2v) is 8.94. The number of carbonyl (C=O) groups is 1. The molecule has 1 amide bonds. The van der Waals surface area contributed by atoms with Crippen molar-refractivity contribution in [2.75, 3.05) is 5.84 Å². The maximum absolute atomic E-state index is 13.3. The fourth-order valence-electron chi connectivity index (χ4n) is 3.26. The van der Waals surface area contributed by atoms with E-state index in [1.807, 2.05) is 45.0 Å². The van der Waals surface area contributed by atoms with Gasteiger partial charge in [0.25, 0.3) is 5.91 Å². The predicted molar refractivity (Wildman–Crippen MR) is 134 cm³/mol. The van der Waals surface area contributed by atoms with Gasteiger partial charge in [-0.2, -0.15) is 4.68 Å². The van der Waals surface area contributed by atoms with Crippen LogP contribution in [0.2, 0.25) is 0 Å². The van der Waals surface area contributed by atoms with Crippen LogP contribution in [0.3, 0.4) is 0 Å². The first-order chi connectivity index (χ1) is 16.6. The number of rotatable bonds is 8. The molecule has 0 atom stereocenters. The first kappa shape index (κ1) is 25.8. The van der Waals surface area contributed by atoms with E-state index >= 15 is 0 Å². The highest BCUT2D eigenvalue weighted by Gasteiger charge is 2.15. The van der Waals surface area contributed by atoms with E-state index < -0.39 is 23.7 Å². The SMILES string of the molecule is Cc1ccc(Cn2c(=O)n(CCC(=O)N=O)c(=O)n(N)/c2=N\c2ccc(OC(C)C)c(Br)c2)cc1. The molecule has 0 bridgehead atoms. The average molecular weight is 545 g/mol. The number of nitrogen functional groups attached to an aromatic ring is 1. The van der Waals surface area contributed by atoms with E-state index in [2.05, 4.69) is 26.1 Å². The van der Waals surface area contributed by atoms with Gasteiger partial charge in [-0.05, 0) is 60.5 Å². The molecule has 0 fully saturated rings. The van der Waals surface area contributed by atoms with Crippen LogP contribution < -0.4 is 27.6 Å². The summed E-state index contributed by atoms with van der Waals surface area (Å²) in [6.07, 6.45) is -0.446. The van der Waals surface area contributed by atoms with Crippen molar-refractivity contribution < 1.29 is 9.53 Å². The van der Waals surface area contributed by atoms with Crippen molar-refractivity contribution in [2.45, 2.75) is 46.4 Å². The molecular weight excluding hydrogens is 520 g/mol. The van der Waals surface area contributed by atoms with Gasteiger partial charge in [0, 0.05) is 11.7 Å². The van der Waals surface area contributed by atoms with Crippen LogP contribution in [-0.2, 0) is 17.9 Å². The molecule has 11 nitrogen and oxygen atoms in total. The van der Waals surface area contributed by atoms with Gasteiger partial charge in [-0.1, -0.05) is 29.8 Å². The van der Waals surface area contributed by atoms with Gasteiger partial charge in [0.1, 0.15) is 5.75 Å². The number of hydrogen-bond acceptors (Lipinski definition) is 7. The Balaban J connectivity index is 2.20. The number of ether oxygens (including phenoxy) is 1. The fraction of sp³-hybridized carbons (Fsp3) is 0.304. The zero-order chi connectivity index (χ0) is 25.7. The molecule has 3 aromatic rings. The molecule has 184 valence electrons. The largest absolute Gasteiger partial charge is 0.490 e. The van der Waals surface area contributed by atoms with Crippen LogP contribution in [0.15, 0.2) is 66.7 Å². The van der Waals surface area contributed by atoms with E-state index in [1.165, 1.54) is 4.57 Å². The number of aromatic nitrogens is 3. The van der Waals surface area contributed by atoms with E-state index in [0.29, 0.717) is 15.9 Å². The summed E-state index contributed by atoms with van der Waals surface area (Å²) in [5.41, 5.74) is 0.521. The normalized spacial score (nSPS) is 11.6. The highest BCUT2D eigenvalue weighted by atomic mass is 79.9. The summed E-state index contributed by atoms with van der Waals surface area (Å²) in [6.45, 7) is 5.46. The second kappa shape index (κ2) is 11.1. The number of amides is 1. The Hall–Kier alpha value is -3.80. The van der Waals surface area contributed by atoms with Crippen molar-refractivity contribution >= 4 is 27.5 Å². The average Bonchev–Trinajstić information content (AvgIpc) is 2.82. The third-order valence-corrected chi connectivity index (χ3v) is 5.60. The molecule has 0 saturated carbocycles. The maximum atomic E-state index is 13.3. The summed E-state index contributed by atoms with van der Waals surface area (Å²) < 4.78 is 9.10. The predicted octanol–water partition coefficient (Wildman–Crippen LogP) is 2.35. The summed E-state index contributed by atoms with van der Waals surface area (Å²) in [7, 11) is 0. The molecule has 3 rings (SSSR count). The van der Waals surface area contributed by atoms with E-state index in [0.717, 1.165) is 20.4 Å². The Morgan fingerprint density at radius 2 is 1.77 bits per heavy atom. The summed E-state index contributed by atoms with van der Waals surface area (Å²) in [6, 6.07) is 12.5. The van der Waals surface area contributed by atoms with Crippen molar-refractivity contribution in [1.82, 2.24) is 13.8 Å². The topological polar surface area (TPSA) is 143 Å². The molecule has 1 heterocycles. The van der Waals surface area contributed by atoms with E-state index in [-0.39, 0.29) is 24.8 Å². The zero-order valence-corrected chi connectivity index (χ0v) is 21.1. The summed E-state index contributed by atoms with van der Waals surface area (Å²) in [4.78, 5) is 52.5. The number of nitrogens with two attached hydrogens (primary N) is 1. The molecule has 2 aromatic carbocycles. The zero-order valence-electron chi connectivity index (χ0n) is 19.5. The van der Waals surface area contributed by atoms with Crippen LogP contribution >= 0.6 is 15.9 Å². The van der Waals surface area contributed by atoms with E-state index in [1.54, 1.807) is 18.2 Å². The minimum Gasteiger partial charge on any atom is -0.490 e. The molecule has 0 saturated heterocycles. The molecule has 0 aliphatic rings. The van der Waals surface area contributed by atoms with Crippen molar-refractivity contribution in [2.24, 2.45) is 10.2 Å². The van der Waals surface area contributed by atoms with Gasteiger partial charge < -0.3 is 10.6 Å². The van der Waals surface area contributed by atoms with Gasteiger partial charge in [0.15, 0.2) is 0 Å². The molecular formula is C23H25BrN6O5. The molecule has 0 radical (unpaired) electrons. The lowest BCUT2D eigenvalue weighted by atomic mass is 10.1. The second-order valence-electron chi connectivity index (χ2n) is 8.09. The van der Waals surface area contributed by atoms with Crippen LogP contribution in [-0.4, -0.2) is 25.8 Å². The van der Waals surface area contributed by atoms with Gasteiger partial charge in [0.2, 0.25) is 5.62 Å². The standard InChI is InChI=1S/C23H25BrN6O5/c1-14(2)35-19-9-8-17(12-18(19)24)26-21-29(13-16-6-4-15(3)5-7-16)22(32)28(23(33)30(21)25)11-10-20(31)27-34/h4-9,12,14H,10-11,13,25H2,1-3H3/b26-21-. The Labute approximate surface area is 208 Å². The first-order valence-electron chi connectivity index (χ1n) is 10.7. The number of hydrogen-bond donors (Lipinski definition) is 1. The highest BCUT2D eigenvalue weighted by molar-refractivity contribution is 9.10. The molecule has 1 aromatic heterocycles. The first-order valence-corrected chi connectivity index (χ1v) is 11.5. The minimum absolute atomic E-state index is 0.0335. The Morgan fingerprint density at radius 1 is 1.09 bits per heavy atom. The quantitative estimate of drug-likeness (QED) is 0.340. The molecule has 0 aliphatic heterocycles. The summed E-state index contributed by atoms with van der Waals surface area (Å²) in [5, 5.41) is 2.31. The van der Waals surface area contributed by atoms with Crippen LogP contribution in [0.5, 0.6) is 5.75 Å². The van der Waals surface area contributed by atoms with Crippen molar-refractivity contribution in [3.05, 3.63) is 89.6 Å². The summed E-state index contributed by atoms with van der Waals surface area (Å²) in [5.74, 6) is 5.71. The monoisotopic (exact) mass is 544 g/mol. The molecule has 2 N–H and O–H groups in total. The Kier molecular flexibility index (Phi) is 8.18. The van der Waals surface area contributed by atoms with Gasteiger partial charge in [-0.25, -0.2) is 19.1 Å². The van der Waals surface area contributed by atoms with Crippen molar-refractivity contribution in [1.29, 1.82) is 0 Å². The van der Waals surface area contributed by atoms with E-state index in [9.17, 15) is 19.3 Å². The molecule has 0 spiro atoms. The third-order valence-electron chi connectivity index (χ3n) is 4.98. The number of halogens is 1. The van der Waals surface area contributed by atoms with Crippen LogP contribution in [0.4, 0.5) is 5.69 Å². The number of nitroso groups, excluding NO2 is 1. The van der Waals surface area contributed by atoms with Crippen LogP contribution in [0, 0.1) is 11.8 Å². The van der Waals surface area contributed by atoms with Gasteiger partial charge in [-0.15, -0.1) is 4.91 Å². The van der Waals surface area contributed by atoms with Crippen molar-refractivity contribution in [3.8, 4) is 5.75 Å². The number of aryl methyl sites for hydroxylation is 1. The van der Waals surface area contributed by atoms with Gasteiger partial charge in [0.05, 0.1) is 29.2 Å². The third kappa shape index (κ3) is 6.21. The number of nitrogens with zero attached hydrogens (tertiary/aromatic N) is 5. The van der Waals surface area contributed by atoms with Crippen LogP contribution in [0.25, 0.3) is 0 Å². The molecule has 0 aliphatic carbocycles. The van der Waals surface area contributed by atoms with Gasteiger partial charge >= 0.3 is 11.4 Å². The minimum atomic E-state index is -0.979. The maximum Gasteiger partial charge on any atom is 0.353 e. The Morgan fingerprint density at radius 3 is 2.37 bits per heavy atom. The lowest BCUT2D eigenvalue weighted by Crippen LogP contribution is -2.57. The lowest BCUT2D eigenvalue weighted by molar-refractivity contribution is -0.118. The fourth-order valence-corrected chi connectivity index (χ4v) is 3.72. The van der Waals surface area contributed by atoms with E-state index in [4.69, 9.17) is 10.6 Å². The highest BCUT2D eigenvalue weighted by Crippen LogP contribution is 2.29. The lowest BCUT2D eigenvalue weighted by Gasteiger charge is -2.14. The number of carbonyl (C=O) groups excluding carboxylic acids is 1. The van der Waals surface area contributed by atoms with Crippen molar-refractivity contribution in [3.63, 3.8) is 0 Å². The van der Waals surface area contributed by atoms with Crippen LogP contribution in [0.1, 0.15) is 31.4 Å².